The molecule has 18 heavy (non-hydrogen) atoms. The second-order valence-electron chi connectivity index (χ2n) is 4.80. The van der Waals surface area contributed by atoms with Crippen LogP contribution in [-0.4, -0.2) is 31.6 Å². The zero-order valence-corrected chi connectivity index (χ0v) is 12.1. The van der Waals surface area contributed by atoms with Crippen LogP contribution in [0.5, 0.6) is 0 Å². The first-order valence-electron chi connectivity index (χ1n) is 7.44. The molecule has 1 amide bonds. The third-order valence-corrected chi connectivity index (χ3v) is 3.15. The fourth-order valence-electron chi connectivity index (χ4n) is 1.91. The van der Waals surface area contributed by atoms with E-state index in [1.165, 1.54) is 19.3 Å². The van der Waals surface area contributed by atoms with E-state index in [-0.39, 0.29) is 5.91 Å². The summed E-state index contributed by atoms with van der Waals surface area (Å²) in [6.45, 7) is 6.60. The average molecular weight is 257 g/mol. The van der Waals surface area contributed by atoms with Gasteiger partial charge in [0.1, 0.15) is 0 Å². The van der Waals surface area contributed by atoms with Gasteiger partial charge in [-0.1, -0.05) is 33.1 Å². The molecular formula is C14H31N3O. The van der Waals surface area contributed by atoms with Crippen LogP contribution >= 0.6 is 0 Å². The number of carbonyl (C=O) groups excluding carboxylic acids is 1. The van der Waals surface area contributed by atoms with E-state index in [0.717, 1.165) is 32.4 Å². The van der Waals surface area contributed by atoms with E-state index >= 15 is 0 Å². The highest BCUT2D eigenvalue weighted by Gasteiger charge is 2.05. The highest BCUT2D eigenvalue weighted by Crippen LogP contribution is 1.97. The number of hydrogen-bond acceptors (Lipinski definition) is 3. The molecule has 1 atom stereocenters. The van der Waals surface area contributed by atoms with E-state index in [4.69, 9.17) is 5.73 Å². The van der Waals surface area contributed by atoms with Crippen molar-refractivity contribution >= 4 is 5.91 Å². The first-order valence-corrected chi connectivity index (χ1v) is 7.44. The summed E-state index contributed by atoms with van der Waals surface area (Å²) in [5.74, 6) is 0.154. The molecule has 0 rings (SSSR count). The van der Waals surface area contributed by atoms with Gasteiger partial charge in [-0.05, 0) is 25.8 Å². The van der Waals surface area contributed by atoms with Crippen molar-refractivity contribution in [2.24, 2.45) is 5.73 Å². The number of unbranched alkanes of at least 4 members (excludes halogenated alkanes) is 3. The van der Waals surface area contributed by atoms with Gasteiger partial charge in [-0.25, -0.2) is 0 Å². The van der Waals surface area contributed by atoms with Gasteiger partial charge in [0, 0.05) is 25.6 Å². The minimum atomic E-state index is 0.154. The van der Waals surface area contributed by atoms with Crippen LogP contribution in [0.3, 0.4) is 0 Å². The van der Waals surface area contributed by atoms with Gasteiger partial charge in [0.15, 0.2) is 0 Å². The van der Waals surface area contributed by atoms with Crippen LogP contribution in [0.1, 0.15) is 58.8 Å². The third kappa shape index (κ3) is 10.5. The summed E-state index contributed by atoms with van der Waals surface area (Å²) in [5, 5.41) is 6.33. The molecule has 0 aliphatic carbocycles. The summed E-state index contributed by atoms with van der Waals surface area (Å²) in [4.78, 5) is 11.5. The summed E-state index contributed by atoms with van der Waals surface area (Å²) >= 11 is 0. The van der Waals surface area contributed by atoms with Gasteiger partial charge in [0.25, 0.3) is 0 Å². The first kappa shape index (κ1) is 17.4. The van der Waals surface area contributed by atoms with Gasteiger partial charge in [-0.3, -0.25) is 4.79 Å². The molecule has 1 unspecified atom stereocenters. The van der Waals surface area contributed by atoms with Crippen LogP contribution in [0.4, 0.5) is 0 Å². The monoisotopic (exact) mass is 257 g/mol. The lowest BCUT2D eigenvalue weighted by Gasteiger charge is -2.15. The maximum atomic E-state index is 11.5. The molecule has 0 spiro atoms. The summed E-state index contributed by atoms with van der Waals surface area (Å²) in [5.41, 5.74) is 5.52. The molecule has 0 aliphatic heterocycles. The minimum Gasteiger partial charge on any atom is -0.356 e. The van der Waals surface area contributed by atoms with Crippen LogP contribution < -0.4 is 16.4 Å². The lowest BCUT2D eigenvalue weighted by atomic mass is 10.1. The number of amides is 1. The molecule has 0 aromatic carbocycles. The van der Waals surface area contributed by atoms with Crippen molar-refractivity contribution in [3.05, 3.63) is 0 Å². The van der Waals surface area contributed by atoms with Crippen LogP contribution in [0.2, 0.25) is 0 Å². The van der Waals surface area contributed by atoms with Crippen molar-refractivity contribution in [3.8, 4) is 0 Å². The van der Waals surface area contributed by atoms with Crippen LogP contribution in [0.15, 0.2) is 0 Å². The van der Waals surface area contributed by atoms with Crippen molar-refractivity contribution in [1.29, 1.82) is 0 Å². The molecule has 0 radical (unpaired) electrons. The molecular weight excluding hydrogens is 226 g/mol. The zero-order chi connectivity index (χ0) is 13.6. The lowest BCUT2D eigenvalue weighted by Crippen LogP contribution is -2.34. The van der Waals surface area contributed by atoms with E-state index in [1.54, 1.807) is 0 Å². The number of nitrogens with one attached hydrogen (secondary N) is 2. The third-order valence-electron chi connectivity index (χ3n) is 3.15. The smallest absolute Gasteiger partial charge is 0.221 e. The van der Waals surface area contributed by atoms with Gasteiger partial charge in [0.05, 0.1) is 0 Å². The van der Waals surface area contributed by atoms with Gasteiger partial charge in [0.2, 0.25) is 5.91 Å². The van der Waals surface area contributed by atoms with E-state index in [9.17, 15) is 4.79 Å². The largest absolute Gasteiger partial charge is 0.356 e. The van der Waals surface area contributed by atoms with Crippen LogP contribution in [0, 0.1) is 0 Å². The number of carbonyl (C=O) groups is 1. The zero-order valence-electron chi connectivity index (χ0n) is 12.1. The highest BCUT2D eigenvalue weighted by atomic mass is 16.1. The quantitative estimate of drug-likeness (QED) is 0.467. The van der Waals surface area contributed by atoms with Crippen molar-refractivity contribution in [3.63, 3.8) is 0 Å². The lowest BCUT2D eigenvalue weighted by molar-refractivity contribution is -0.121. The van der Waals surface area contributed by atoms with Crippen LogP contribution in [-0.2, 0) is 4.79 Å². The Hall–Kier alpha value is -0.610. The Morgan fingerprint density at radius 3 is 2.56 bits per heavy atom. The fraction of sp³-hybridized carbons (Fsp3) is 0.929. The predicted octanol–water partition coefficient (Wildman–Crippen LogP) is 1.79. The Morgan fingerprint density at radius 1 is 1.17 bits per heavy atom. The maximum Gasteiger partial charge on any atom is 0.221 e. The number of nitrogens with two attached hydrogens (primary N) is 1. The van der Waals surface area contributed by atoms with E-state index in [0.29, 0.717) is 19.0 Å². The fourth-order valence-corrected chi connectivity index (χ4v) is 1.91. The van der Waals surface area contributed by atoms with E-state index in [2.05, 4.69) is 24.5 Å². The van der Waals surface area contributed by atoms with Gasteiger partial charge >= 0.3 is 0 Å². The first-order chi connectivity index (χ1) is 8.74. The van der Waals surface area contributed by atoms with Gasteiger partial charge in [-0.15, -0.1) is 0 Å². The Labute approximate surface area is 112 Å². The molecule has 4 N–H and O–H groups in total. The summed E-state index contributed by atoms with van der Waals surface area (Å²) in [7, 11) is 0. The Bertz CT molecular complexity index is 197. The molecule has 0 aliphatic rings. The number of hydrogen-bond donors (Lipinski definition) is 3. The Balaban J connectivity index is 3.40. The number of rotatable bonds is 12. The van der Waals surface area contributed by atoms with Gasteiger partial charge < -0.3 is 16.4 Å². The van der Waals surface area contributed by atoms with Gasteiger partial charge in [-0.2, -0.15) is 0 Å². The minimum absolute atomic E-state index is 0.154. The standard InChI is InChI=1S/C14H31N3O/c1-3-5-6-7-11-17-14(18)9-12-16-13(4-2)8-10-15/h13,16H,3-12,15H2,1-2H3,(H,17,18). The molecule has 0 saturated carbocycles. The molecule has 0 saturated heterocycles. The van der Waals surface area contributed by atoms with E-state index in [1.807, 2.05) is 0 Å². The molecule has 0 aromatic rings. The molecule has 4 heteroatoms. The predicted molar refractivity (Wildman–Crippen MR) is 77.5 cm³/mol. The second-order valence-corrected chi connectivity index (χ2v) is 4.80. The van der Waals surface area contributed by atoms with Crippen molar-refractivity contribution in [1.82, 2.24) is 10.6 Å². The van der Waals surface area contributed by atoms with Crippen LogP contribution in [0.25, 0.3) is 0 Å². The summed E-state index contributed by atoms with van der Waals surface area (Å²) in [6.07, 6.45) is 7.41. The normalized spacial score (nSPS) is 12.4. The summed E-state index contributed by atoms with van der Waals surface area (Å²) in [6, 6.07) is 0.451. The molecule has 0 heterocycles. The molecule has 108 valence electrons. The van der Waals surface area contributed by atoms with E-state index < -0.39 is 0 Å². The highest BCUT2D eigenvalue weighted by molar-refractivity contribution is 5.75. The molecule has 4 nitrogen and oxygen atoms in total. The summed E-state index contributed by atoms with van der Waals surface area (Å²) < 4.78 is 0. The Kier molecular flexibility index (Phi) is 12.4. The van der Waals surface area contributed by atoms with Crippen molar-refractivity contribution < 1.29 is 4.79 Å². The maximum absolute atomic E-state index is 11.5. The van der Waals surface area contributed by atoms with Crippen molar-refractivity contribution in [2.45, 2.75) is 64.8 Å². The SMILES string of the molecule is CCCCCCNC(=O)CCNC(CC)CCN. The molecule has 0 fully saturated rings. The Morgan fingerprint density at radius 2 is 1.94 bits per heavy atom. The average Bonchev–Trinajstić information content (AvgIpc) is 2.37. The van der Waals surface area contributed by atoms with Crippen molar-refractivity contribution in [2.75, 3.05) is 19.6 Å². The topological polar surface area (TPSA) is 67.2 Å². The second kappa shape index (κ2) is 12.8. The molecule has 0 bridgehead atoms. The molecule has 0 aromatic heterocycles.